The Morgan fingerprint density at radius 2 is 2.12 bits per heavy atom. The number of amides is 1. The first-order chi connectivity index (χ1) is 8.16. The average molecular weight is 365 g/mol. The van der Waals surface area contributed by atoms with Crippen molar-refractivity contribution in [2.24, 2.45) is 0 Å². The van der Waals surface area contributed by atoms with Gasteiger partial charge in [-0.3, -0.25) is 4.79 Å². The van der Waals surface area contributed by atoms with Gasteiger partial charge in [-0.15, -0.1) is 0 Å². The number of hydrogen-bond acceptors (Lipinski definition) is 2. The van der Waals surface area contributed by atoms with Gasteiger partial charge >= 0.3 is 0 Å². The summed E-state index contributed by atoms with van der Waals surface area (Å²) in [7, 11) is 0. The summed E-state index contributed by atoms with van der Waals surface area (Å²) in [5, 5.41) is 6.81. The van der Waals surface area contributed by atoms with Crippen molar-refractivity contribution in [3.05, 3.63) is 32.4 Å². The van der Waals surface area contributed by atoms with Crippen molar-refractivity contribution < 1.29 is 4.79 Å². The molecule has 92 valence electrons. The normalized spacial score (nSPS) is 16.8. The maximum atomic E-state index is 12.0. The van der Waals surface area contributed by atoms with Gasteiger partial charge in [0.05, 0.1) is 10.6 Å². The summed E-state index contributed by atoms with van der Waals surface area (Å²) < 4.78 is 1.03. The molecule has 0 bridgehead atoms. The quantitative estimate of drug-likeness (QED) is 0.792. The molecule has 1 heterocycles. The minimum Gasteiger partial charge on any atom is -0.349 e. The van der Waals surface area contributed by atoms with Crippen molar-refractivity contribution in [3.8, 4) is 0 Å². The van der Waals surface area contributed by atoms with Crippen LogP contribution in [0.3, 0.4) is 0 Å². The van der Waals surface area contributed by atoms with Gasteiger partial charge in [-0.05, 0) is 66.7 Å². The van der Waals surface area contributed by atoms with Crippen molar-refractivity contribution in [2.75, 3.05) is 13.1 Å². The zero-order chi connectivity index (χ0) is 12.3. The Hall–Kier alpha value is -0.330. The van der Waals surface area contributed by atoms with E-state index in [9.17, 15) is 4.79 Å². The highest BCUT2D eigenvalue weighted by Crippen LogP contribution is 2.19. The summed E-state index contributed by atoms with van der Waals surface area (Å²) in [5.74, 6) is -0.0710. The molecule has 1 aliphatic rings. The van der Waals surface area contributed by atoms with Gasteiger partial charge < -0.3 is 10.6 Å². The Balaban J connectivity index is 2.03. The fourth-order valence-electron chi connectivity index (χ4n) is 1.90. The van der Waals surface area contributed by atoms with Crippen LogP contribution < -0.4 is 10.6 Å². The molecule has 0 aromatic heterocycles. The summed E-state index contributed by atoms with van der Waals surface area (Å²) >= 11 is 8.24. The van der Waals surface area contributed by atoms with Crippen molar-refractivity contribution in [2.45, 2.75) is 18.9 Å². The van der Waals surface area contributed by atoms with E-state index in [4.69, 9.17) is 11.6 Å². The van der Waals surface area contributed by atoms with Gasteiger partial charge in [0.15, 0.2) is 0 Å². The van der Waals surface area contributed by atoms with Crippen molar-refractivity contribution in [1.29, 1.82) is 0 Å². The van der Waals surface area contributed by atoms with Gasteiger partial charge in [0.25, 0.3) is 5.91 Å². The van der Waals surface area contributed by atoms with E-state index < -0.39 is 0 Å². The molecule has 1 aromatic carbocycles. The fourth-order valence-corrected chi connectivity index (χ4v) is 2.84. The van der Waals surface area contributed by atoms with Gasteiger partial charge in [-0.25, -0.2) is 0 Å². The number of carbonyl (C=O) groups is 1. The van der Waals surface area contributed by atoms with Crippen molar-refractivity contribution >= 4 is 40.1 Å². The van der Waals surface area contributed by atoms with E-state index in [2.05, 4.69) is 33.2 Å². The first kappa shape index (κ1) is 13.1. The fraction of sp³-hybridized carbons (Fsp3) is 0.417. The molecule has 1 aliphatic heterocycles. The smallest absolute Gasteiger partial charge is 0.253 e. The molecule has 0 atom stereocenters. The van der Waals surface area contributed by atoms with Crippen LogP contribution in [-0.2, 0) is 0 Å². The largest absolute Gasteiger partial charge is 0.349 e. The predicted molar refractivity (Wildman–Crippen MR) is 77.5 cm³/mol. The molecule has 1 aromatic rings. The molecule has 0 unspecified atom stereocenters. The molecule has 1 saturated heterocycles. The number of halogens is 2. The van der Waals surface area contributed by atoms with Crippen LogP contribution in [0.25, 0.3) is 0 Å². The summed E-state index contributed by atoms with van der Waals surface area (Å²) in [5.41, 5.74) is 0.561. The maximum absolute atomic E-state index is 12.0. The molecular weight excluding hydrogens is 351 g/mol. The summed E-state index contributed by atoms with van der Waals surface area (Å²) in [4.78, 5) is 12.0. The SMILES string of the molecule is O=C(NC1CCNCC1)c1ccc(I)cc1Cl. The third-order valence-corrected chi connectivity index (χ3v) is 3.83. The molecule has 2 N–H and O–H groups in total. The van der Waals surface area contributed by atoms with Crippen LogP contribution in [0.1, 0.15) is 23.2 Å². The lowest BCUT2D eigenvalue weighted by Gasteiger charge is -2.23. The number of rotatable bonds is 2. The molecule has 1 amide bonds. The molecule has 0 saturated carbocycles. The molecule has 17 heavy (non-hydrogen) atoms. The van der Waals surface area contributed by atoms with Crippen LogP contribution in [-0.4, -0.2) is 25.0 Å². The first-order valence-electron chi connectivity index (χ1n) is 5.63. The van der Waals surface area contributed by atoms with E-state index >= 15 is 0 Å². The minimum absolute atomic E-state index is 0.0710. The van der Waals surface area contributed by atoms with Crippen LogP contribution in [0, 0.1) is 3.57 Å². The number of nitrogens with one attached hydrogen (secondary N) is 2. The maximum Gasteiger partial charge on any atom is 0.253 e. The van der Waals surface area contributed by atoms with Gasteiger partial charge in [0.1, 0.15) is 0 Å². The van der Waals surface area contributed by atoms with Crippen LogP contribution in [0.5, 0.6) is 0 Å². The van der Waals surface area contributed by atoms with Gasteiger partial charge in [0, 0.05) is 9.61 Å². The molecule has 2 rings (SSSR count). The second-order valence-corrected chi connectivity index (χ2v) is 5.77. The summed E-state index contributed by atoms with van der Waals surface area (Å²) in [6, 6.07) is 5.74. The van der Waals surface area contributed by atoms with E-state index in [0.717, 1.165) is 29.5 Å². The second kappa shape index (κ2) is 6.02. The molecule has 1 fully saturated rings. The van der Waals surface area contributed by atoms with E-state index in [1.807, 2.05) is 6.07 Å². The molecule has 0 aliphatic carbocycles. The Kier molecular flexibility index (Phi) is 4.64. The van der Waals surface area contributed by atoms with Crippen LogP contribution in [0.15, 0.2) is 18.2 Å². The highest BCUT2D eigenvalue weighted by molar-refractivity contribution is 14.1. The molecule has 0 radical (unpaired) electrons. The minimum atomic E-state index is -0.0710. The highest BCUT2D eigenvalue weighted by Gasteiger charge is 2.17. The van der Waals surface area contributed by atoms with Crippen molar-refractivity contribution in [3.63, 3.8) is 0 Å². The second-order valence-electron chi connectivity index (χ2n) is 4.12. The zero-order valence-electron chi connectivity index (χ0n) is 9.30. The Morgan fingerprint density at radius 1 is 1.41 bits per heavy atom. The van der Waals surface area contributed by atoms with Crippen LogP contribution in [0.2, 0.25) is 5.02 Å². The Bertz CT molecular complexity index is 419. The first-order valence-corrected chi connectivity index (χ1v) is 7.09. The molecule has 5 heteroatoms. The highest BCUT2D eigenvalue weighted by atomic mass is 127. The Morgan fingerprint density at radius 3 is 2.76 bits per heavy atom. The lowest BCUT2D eigenvalue weighted by molar-refractivity contribution is 0.0929. The van der Waals surface area contributed by atoms with Gasteiger partial charge in [-0.1, -0.05) is 11.6 Å². The molecule has 0 spiro atoms. The third-order valence-electron chi connectivity index (χ3n) is 2.85. The average Bonchev–Trinajstić information content (AvgIpc) is 2.30. The lowest BCUT2D eigenvalue weighted by atomic mass is 10.1. The number of piperidine rings is 1. The van der Waals surface area contributed by atoms with E-state index in [0.29, 0.717) is 10.6 Å². The number of carbonyl (C=O) groups excluding carboxylic acids is 1. The van der Waals surface area contributed by atoms with Gasteiger partial charge in [0.2, 0.25) is 0 Å². The van der Waals surface area contributed by atoms with Crippen LogP contribution in [0.4, 0.5) is 0 Å². The zero-order valence-corrected chi connectivity index (χ0v) is 12.2. The topological polar surface area (TPSA) is 41.1 Å². The summed E-state index contributed by atoms with van der Waals surface area (Å²) in [6.45, 7) is 1.93. The number of benzene rings is 1. The monoisotopic (exact) mass is 364 g/mol. The third kappa shape index (κ3) is 3.56. The predicted octanol–water partition coefficient (Wildman–Crippen LogP) is 2.43. The molecule has 3 nitrogen and oxygen atoms in total. The van der Waals surface area contributed by atoms with Crippen LogP contribution >= 0.6 is 34.2 Å². The van der Waals surface area contributed by atoms with Gasteiger partial charge in [-0.2, -0.15) is 0 Å². The Labute approximate surface area is 119 Å². The van der Waals surface area contributed by atoms with E-state index in [-0.39, 0.29) is 11.9 Å². The van der Waals surface area contributed by atoms with E-state index in [1.165, 1.54) is 0 Å². The number of hydrogen-bond donors (Lipinski definition) is 2. The standard InChI is InChI=1S/C12H14ClIN2O/c13-11-7-8(14)1-2-10(11)12(17)16-9-3-5-15-6-4-9/h1-2,7,9,15H,3-6H2,(H,16,17). The van der Waals surface area contributed by atoms with E-state index in [1.54, 1.807) is 12.1 Å². The van der Waals surface area contributed by atoms with Crippen molar-refractivity contribution in [1.82, 2.24) is 10.6 Å². The lowest BCUT2D eigenvalue weighted by Crippen LogP contribution is -2.42. The molecular formula is C12H14ClIN2O. The summed E-state index contributed by atoms with van der Waals surface area (Å²) in [6.07, 6.45) is 1.96.